The molecule has 0 aliphatic heterocycles. The molecule has 0 saturated heterocycles. The molecule has 3 aromatic carbocycles. The largest absolute Gasteiger partial charge is 0.497 e. The zero-order valence-corrected chi connectivity index (χ0v) is 20.1. The summed E-state index contributed by atoms with van der Waals surface area (Å²) in [6, 6.07) is 18.2. The van der Waals surface area contributed by atoms with Gasteiger partial charge < -0.3 is 14.8 Å². The first-order chi connectivity index (χ1) is 16.4. The quantitative estimate of drug-likeness (QED) is 0.325. The molecule has 0 saturated carbocycles. The van der Waals surface area contributed by atoms with E-state index in [2.05, 4.69) is 15.8 Å². The zero-order valence-electron chi connectivity index (χ0n) is 18.5. The summed E-state index contributed by atoms with van der Waals surface area (Å²) in [7, 11) is 1.54. The Labute approximate surface area is 207 Å². The lowest BCUT2D eigenvalue weighted by Crippen LogP contribution is -2.43. The lowest BCUT2D eigenvalue weighted by Gasteiger charge is -2.13. The van der Waals surface area contributed by atoms with Crippen LogP contribution in [0.3, 0.4) is 0 Å². The number of carbonyl (C=O) groups is 2. The van der Waals surface area contributed by atoms with Gasteiger partial charge in [-0.2, -0.15) is 5.10 Å². The van der Waals surface area contributed by atoms with E-state index in [0.717, 1.165) is 5.56 Å². The fourth-order valence-corrected chi connectivity index (χ4v) is 3.28. The topological polar surface area (TPSA) is 89.0 Å². The number of benzene rings is 3. The third kappa shape index (κ3) is 7.23. The van der Waals surface area contributed by atoms with Gasteiger partial charge in [-0.3, -0.25) is 9.59 Å². The van der Waals surface area contributed by atoms with Crippen molar-refractivity contribution in [3.63, 3.8) is 0 Å². The molecule has 0 aliphatic carbocycles. The maximum atomic E-state index is 12.4. The van der Waals surface area contributed by atoms with Crippen LogP contribution in [0.25, 0.3) is 0 Å². The van der Waals surface area contributed by atoms with Crippen molar-refractivity contribution in [3.05, 3.63) is 93.5 Å². The fourth-order valence-electron chi connectivity index (χ4n) is 2.89. The maximum Gasteiger partial charge on any atom is 0.262 e. The summed E-state index contributed by atoms with van der Waals surface area (Å²) in [4.78, 5) is 24.7. The number of rotatable bonds is 9. The standard InChI is InChI=1S/C25H23Cl2N3O4/c1-16(29-25(32)18-6-9-22(33-2)10-7-18)24(31)30-28-14-19-13-21(27)8-11-23(19)34-15-17-4-3-5-20(26)12-17/h3-14,16H,15H2,1-2H3,(H,29,32)(H,30,31). The molecule has 2 amide bonds. The van der Waals surface area contributed by atoms with Crippen molar-refractivity contribution in [1.82, 2.24) is 10.7 Å². The van der Waals surface area contributed by atoms with E-state index in [4.69, 9.17) is 32.7 Å². The summed E-state index contributed by atoms with van der Waals surface area (Å²) >= 11 is 12.1. The van der Waals surface area contributed by atoms with Crippen molar-refractivity contribution in [2.24, 2.45) is 5.10 Å². The summed E-state index contributed by atoms with van der Waals surface area (Å²) in [6.45, 7) is 1.86. The number of methoxy groups -OCH3 is 1. The number of hydrogen-bond donors (Lipinski definition) is 2. The minimum absolute atomic E-state index is 0.295. The average molecular weight is 500 g/mol. The fraction of sp³-hybridized carbons (Fsp3) is 0.160. The minimum atomic E-state index is -0.815. The van der Waals surface area contributed by atoms with Crippen molar-refractivity contribution in [1.29, 1.82) is 0 Å². The number of ether oxygens (including phenoxy) is 2. The number of hydrogen-bond acceptors (Lipinski definition) is 5. The molecule has 1 atom stereocenters. The predicted octanol–water partition coefficient (Wildman–Crippen LogP) is 4.85. The van der Waals surface area contributed by atoms with Crippen LogP contribution in [0, 0.1) is 0 Å². The van der Waals surface area contributed by atoms with Gasteiger partial charge in [0.1, 0.15) is 24.1 Å². The second-order valence-corrected chi connectivity index (χ2v) is 8.13. The highest BCUT2D eigenvalue weighted by molar-refractivity contribution is 6.31. The highest BCUT2D eigenvalue weighted by Crippen LogP contribution is 2.23. The number of carbonyl (C=O) groups excluding carboxylic acids is 2. The van der Waals surface area contributed by atoms with Gasteiger partial charge in [0, 0.05) is 21.2 Å². The van der Waals surface area contributed by atoms with Crippen molar-refractivity contribution in [3.8, 4) is 11.5 Å². The van der Waals surface area contributed by atoms with Crippen molar-refractivity contribution in [2.75, 3.05) is 7.11 Å². The lowest BCUT2D eigenvalue weighted by atomic mass is 10.2. The number of nitrogens with one attached hydrogen (secondary N) is 2. The molecule has 1 unspecified atom stereocenters. The number of nitrogens with zero attached hydrogens (tertiary/aromatic N) is 1. The molecule has 0 bridgehead atoms. The number of amides is 2. The second kappa shape index (κ2) is 12.1. The molecule has 0 heterocycles. The third-order valence-corrected chi connectivity index (χ3v) is 5.20. The van der Waals surface area contributed by atoms with E-state index in [9.17, 15) is 9.59 Å². The van der Waals surface area contributed by atoms with Crippen LogP contribution in [0.15, 0.2) is 71.8 Å². The molecule has 176 valence electrons. The van der Waals surface area contributed by atoms with Crippen LogP contribution in [0.4, 0.5) is 0 Å². The molecule has 0 fully saturated rings. The van der Waals surface area contributed by atoms with Crippen molar-refractivity contribution in [2.45, 2.75) is 19.6 Å². The Bertz CT molecular complexity index is 1180. The first-order valence-corrected chi connectivity index (χ1v) is 11.1. The van der Waals surface area contributed by atoms with Crippen LogP contribution in [0.5, 0.6) is 11.5 Å². The van der Waals surface area contributed by atoms with E-state index in [0.29, 0.717) is 39.3 Å². The van der Waals surface area contributed by atoms with Gasteiger partial charge in [-0.1, -0.05) is 35.3 Å². The Morgan fingerprint density at radius 2 is 1.76 bits per heavy atom. The van der Waals surface area contributed by atoms with Crippen LogP contribution in [-0.4, -0.2) is 31.2 Å². The van der Waals surface area contributed by atoms with Crippen LogP contribution in [0.1, 0.15) is 28.4 Å². The second-order valence-electron chi connectivity index (χ2n) is 7.26. The van der Waals surface area contributed by atoms with Gasteiger partial charge in [-0.05, 0) is 67.1 Å². The van der Waals surface area contributed by atoms with E-state index in [1.54, 1.807) is 62.6 Å². The molecule has 0 spiro atoms. The zero-order chi connectivity index (χ0) is 24.5. The van der Waals surface area contributed by atoms with E-state index in [1.807, 2.05) is 18.2 Å². The summed E-state index contributed by atoms with van der Waals surface area (Å²) < 4.78 is 10.9. The van der Waals surface area contributed by atoms with Crippen LogP contribution < -0.4 is 20.2 Å². The van der Waals surface area contributed by atoms with Gasteiger partial charge in [-0.15, -0.1) is 0 Å². The predicted molar refractivity (Wildman–Crippen MR) is 133 cm³/mol. The van der Waals surface area contributed by atoms with E-state index >= 15 is 0 Å². The van der Waals surface area contributed by atoms with Gasteiger partial charge in [0.05, 0.1) is 13.3 Å². The molecule has 3 aromatic rings. The van der Waals surface area contributed by atoms with Gasteiger partial charge in [0.25, 0.3) is 11.8 Å². The number of hydrazone groups is 1. The first kappa shape index (κ1) is 25.1. The Kier molecular flexibility index (Phi) is 8.90. The van der Waals surface area contributed by atoms with Crippen molar-refractivity contribution < 1.29 is 19.1 Å². The van der Waals surface area contributed by atoms with Gasteiger partial charge in [0.2, 0.25) is 0 Å². The highest BCUT2D eigenvalue weighted by Gasteiger charge is 2.16. The van der Waals surface area contributed by atoms with E-state index in [-0.39, 0.29) is 5.91 Å². The smallest absolute Gasteiger partial charge is 0.262 e. The van der Waals surface area contributed by atoms with E-state index < -0.39 is 11.9 Å². The van der Waals surface area contributed by atoms with Crippen LogP contribution in [0.2, 0.25) is 10.0 Å². The molecule has 7 nitrogen and oxygen atoms in total. The third-order valence-electron chi connectivity index (χ3n) is 4.73. The Hall–Kier alpha value is -3.55. The SMILES string of the molecule is COc1ccc(C(=O)NC(C)C(=O)NN=Cc2cc(Cl)ccc2OCc2cccc(Cl)c2)cc1. The molecule has 0 radical (unpaired) electrons. The number of halogens is 2. The normalized spacial score (nSPS) is 11.6. The maximum absolute atomic E-state index is 12.4. The Balaban J connectivity index is 1.58. The van der Waals surface area contributed by atoms with Gasteiger partial charge >= 0.3 is 0 Å². The summed E-state index contributed by atoms with van der Waals surface area (Å²) in [5.74, 6) is 0.291. The van der Waals surface area contributed by atoms with Gasteiger partial charge in [-0.25, -0.2) is 5.43 Å². The first-order valence-electron chi connectivity index (χ1n) is 10.3. The molecule has 34 heavy (non-hydrogen) atoms. The summed E-state index contributed by atoms with van der Waals surface area (Å²) in [6.07, 6.45) is 1.43. The van der Waals surface area contributed by atoms with E-state index in [1.165, 1.54) is 6.21 Å². The monoisotopic (exact) mass is 499 g/mol. The van der Waals surface area contributed by atoms with Crippen LogP contribution in [-0.2, 0) is 11.4 Å². The summed E-state index contributed by atoms with van der Waals surface area (Å²) in [5.41, 5.74) is 4.30. The van der Waals surface area contributed by atoms with Crippen molar-refractivity contribution >= 4 is 41.2 Å². The molecule has 3 rings (SSSR count). The average Bonchev–Trinajstić information content (AvgIpc) is 2.83. The Morgan fingerprint density at radius 3 is 2.47 bits per heavy atom. The lowest BCUT2D eigenvalue weighted by molar-refractivity contribution is -0.122. The molecular formula is C25H23Cl2N3O4. The highest BCUT2D eigenvalue weighted by atomic mass is 35.5. The molecule has 2 N–H and O–H groups in total. The molecule has 0 aromatic heterocycles. The molecule has 0 aliphatic rings. The molecular weight excluding hydrogens is 477 g/mol. The Morgan fingerprint density at radius 1 is 1.03 bits per heavy atom. The van der Waals surface area contributed by atoms with Crippen LogP contribution >= 0.6 is 23.2 Å². The molecule has 9 heteroatoms. The van der Waals surface area contributed by atoms with Gasteiger partial charge in [0.15, 0.2) is 0 Å². The summed E-state index contributed by atoms with van der Waals surface area (Å²) in [5, 5.41) is 7.72. The minimum Gasteiger partial charge on any atom is -0.497 e.